The number of phenolic OH excluding ortho intramolecular Hbond substituents is 1. The Morgan fingerprint density at radius 3 is 2.79 bits per heavy atom. The molecule has 14 heavy (non-hydrogen) atoms. The number of carbonyl (C=O) groups excluding carboxylic acids is 1. The zero-order valence-electron chi connectivity index (χ0n) is 7.07. The molecule has 0 aliphatic carbocycles. The number of aromatic hydroxyl groups is 1. The fourth-order valence-electron chi connectivity index (χ4n) is 1.45. The molecule has 1 aromatic carbocycles. The van der Waals surface area contributed by atoms with Crippen molar-refractivity contribution in [3.63, 3.8) is 0 Å². The molecule has 0 bridgehead atoms. The number of carbonyl (C=O) groups is 2. The monoisotopic (exact) mass is 193 g/mol. The molecule has 5 nitrogen and oxygen atoms in total. The highest BCUT2D eigenvalue weighted by atomic mass is 16.4. The number of carboxylic acids is 1. The molecule has 1 aromatic rings. The Bertz CT molecular complexity index is 439. The van der Waals surface area contributed by atoms with Crippen molar-refractivity contribution in [2.75, 3.05) is 5.32 Å². The number of benzene rings is 1. The second kappa shape index (κ2) is 2.73. The number of amides is 1. The van der Waals surface area contributed by atoms with Gasteiger partial charge in [-0.15, -0.1) is 0 Å². The molecule has 0 radical (unpaired) electrons. The van der Waals surface area contributed by atoms with Gasteiger partial charge in [-0.3, -0.25) is 4.79 Å². The van der Waals surface area contributed by atoms with Crippen LogP contribution in [0.4, 0.5) is 5.69 Å². The van der Waals surface area contributed by atoms with Crippen LogP contribution in [0.25, 0.3) is 0 Å². The summed E-state index contributed by atoms with van der Waals surface area (Å²) >= 11 is 0. The highest BCUT2D eigenvalue weighted by Gasteiger charge is 2.22. The first kappa shape index (κ1) is 8.55. The number of nitrogens with one attached hydrogen (secondary N) is 1. The van der Waals surface area contributed by atoms with Crippen LogP contribution in [0.1, 0.15) is 15.9 Å². The lowest BCUT2D eigenvalue weighted by molar-refractivity contribution is -0.115. The van der Waals surface area contributed by atoms with E-state index in [-0.39, 0.29) is 23.6 Å². The van der Waals surface area contributed by atoms with Crippen molar-refractivity contribution in [1.82, 2.24) is 0 Å². The SMILES string of the molecule is O=C1Cc2cc(C(=O)O)cc(O)c2N1. The molecule has 0 saturated carbocycles. The van der Waals surface area contributed by atoms with Gasteiger partial charge in [-0.1, -0.05) is 0 Å². The van der Waals surface area contributed by atoms with Crippen LogP contribution in [-0.2, 0) is 11.2 Å². The minimum atomic E-state index is -1.12. The van der Waals surface area contributed by atoms with Gasteiger partial charge in [0.2, 0.25) is 5.91 Å². The summed E-state index contributed by atoms with van der Waals surface area (Å²) in [5.41, 5.74) is 0.824. The number of rotatable bonds is 1. The maximum absolute atomic E-state index is 11.0. The van der Waals surface area contributed by atoms with Gasteiger partial charge in [0, 0.05) is 0 Å². The van der Waals surface area contributed by atoms with Gasteiger partial charge in [-0.05, 0) is 17.7 Å². The third-order valence-electron chi connectivity index (χ3n) is 2.06. The number of aromatic carboxylic acids is 1. The number of fused-ring (bicyclic) bond motifs is 1. The first-order valence-corrected chi connectivity index (χ1v) is 3.97. The predicted octanol–water partition coefficient (Wildman–Crippen LogP) is 0.585. The Morgan fingerprint density at radius 1 is 1.43 bits per heavy atom. The van der Waals surface area contributed by atoms with E-state index in [1.165, 1.54) is 6.07 Å². The van der Waals surface area contributed by atoms with Gasteiger partial charge in [0.25, 0.3) is 0 Å². The molecule has 1 heterocycles. The highest BCUT2D eigenvalue weighted by Crippen LogP contribution is 2.33. The molecule has 3 N–H and O–H groups in total. The standard InChI is InChI=1S/C9H7NO4/c11-6-2-5(9(13)14)1-4-3-7(12)10-8(4)6/h1-2,11H,3H2,(H,10,12)(H,13,14). The van der Waals surface area contributed by atoms with E-state index in [2.05, 4.69) is 5.32 Å². The van der Waals surface area contributed by atoms with Gasteiger partial charge >= 0.3 is 5.97 Å². The van der Waals surface area contributed by atoms with Gasteiger partial charge < -0.3 is 15.5 Å². The molecular weight excluding hydrogens is 186 g/mol. The molecular formula is C9H7NO4. The molecule has 0 unspecified atom stereocenters. The van der Waals surface area contributed by atoms with E-state index in [9.17, 15) is 14.7 Å². The second-order valence-electron chi connectivity index (χ2n) is 3.06. The third-order valence-corrected chi connectivity index (χ3v) is 2.06. The molecule has 0 atom stereocenters. The summed E-state index contributed by atoms with van der Waals surface area (Å²) in [6.07, 6.45) is 0.115. The van der Waals surface area contributed by atoms with Crippen LogP contribution in [0.15, 0.2) is 12.1 Å². The number of hydrogen-bond donors (Lipinski definition) is 3. The Morgan fingerprint density at radius 2 is 2.14 bits per heavy atom. The van der Waals surface area contributed by atoms with E-state index in [4.69, 9.17) is 5.11 Å². The molecule has 5 heteroatoms. The average molecular weight is 193 g/mol. The summed E-state index contributed by atoms with van der Waals surface area (Å²) in [5, 5.41) is 20.5. The highest BCUT2D eigenvalue weighted by molar-refractivity contribution is 6.02. The van der Waals surface area contributed by atoms with Crippen molar-refractivity contribution >= 4 is 17.6 Å². The lowest BCUT2D eigenvalue weighted by Crippen LogP contribution is -2.03. The first-order chi connectivity index (χ1) is 6.58. The largest absolute Gasteiger partial charge is 0.506 e. The van der Waals surface area contributed by atoms with Gasteiger partial charge in [0.1, 0.15) is 5.75 Å². The summed E-state index contributed by atoms with van der Waals surface area (Å²) in [6.45, 7) is 0. The topological polar surface area (TPSA) is 86.6 Å². The lowest BCUT2D eigenvalue weighted by Gasteiger charge is -2.03. The molecule has 2 rings (SSSR count). The minimum Gasteiger partial charge on any atom is -0.506 e. The van der Waals surface area contributed by atoms with Crippen LogP contribution in [0.2, 0.25) is 0 Å². The second-order valence-corrected chi connectivity index (χ2v) is 3.06. The van der Waals surface area contributed by atoms with Gasteiger partial charge in [-0.2, -0.15) is 0 Å². The van der Waals surface area contributed by atoms with E-state index in [1.54, 1.807) is 0 Å². The third kappa shape index (κ3) is 1.19. The number of anilines is 1. The molecule has 0 aromatic heterocycles. The van der Waals surface area contributed by atoms with Crippen LogP contribution >= 0.6 is 0 Å². The van der Waals surface area contributed by atoms with Gasteiger partial charge in [-0.25, -0.2) is 4.79 Å². The minimum absolute atomic E-state index is 0.0160. The van der Waals surface area contributed by atoms with E-state index < -0.39 is 5.97 Å². The van der Waals surface area contributed by atoms with Crippen molar-refractivity contribution < 1.29 is 19.8 Å². The zero-order valence-corrected chi connectivity index (χ0v) is 7.07. The maximum atomic E-state index is 11.0. The number of phenols is 1. The zero-order chi connectivity index (χ0) is 10.3. The summed E-state index contributed by atoms with van der Waals surface area (Å²) in [7, 11) is 0. The van der Waals surface area contributed by atoms with Crippen molar-refractivity contribution in [2.24, 2.45) is 0 Å². The quantitative estimate of drug-likeness (QED) is 0.569. The molecule has 72 valence electrons. The maximum Gasteiger partial charge on any atom is 0.335 e. The van der Waals surface area contributed by atoms with E-state index >= 15 is 0 Å². The predicted molar refractivity (Wildman–Crippen MR) is 47.4 cm³/mol. The Kier molecular flexibility index (Phi) is 1.67. The Hall–Kier alpha value is -2.04. The van der Waals surface area contributed by atoms with E-state index in [0.717, 1.165) is 6.07 Å². The van der Waals surface area contributed by atoms with Gasteiger partial charge in [0.15, 0.2) is 0 Å². The van der Waals surface area contributed by atoms with Crippen molar-refractivity contribution in [1.29, 1.82) is 0 Å². The van der Waals surface area contributed by atoms with Crippen LogP contribution < -0.4 is 5.32 Å². The molecule has 1 amide bonds. The fraction of sp³-hybridized carbons (Fsp3) is 0.111. The summed E-state index contributed by atoms with van der Waals surface area (Å²) in [4.78, 5) is 21.6. The summed E-state index contributed by atoms with van der Waals surface area (Å²) in [6, 6.07) is 2.50. The van der Waals surface area contributed by atoms with Crippen molar-refractivity contribution in [2.45, 2.75) is 6.42 Å². The first-order valence-electron chi connectivity index (χ1n) is 3.97. The summed E-state index contributed by atoms with van der Waals surface area (Å²) in [5.74, 6) is -1.56. The smallest absolute Gasteiger partial charge is 0.335 e. The van der Waals surface area contributed by atoms with Crippen molar-refractivity contribution in [3.05, 3.63) is 23.3 Å². The normalized spacial score (nSPS) is 13.6. The van der Waals surface area contributed by atoms with Crippen LogP contribution in [-0.4, -0.2) is 22.1 Å². The van der Waals surface area contributed by atoms with Crippen LogP contribution in [0.5, 0.6) is 5.75 Å². The Balaban J connectivity index is 2.56. The lowest BCUT2D eigenvalue weighted by atomic mass is 10.1. The molecule has 0 fully saturated rings. The summed E-state index contributed by atoms with van der Waals surface area (Å²) < 4.78 is 0. The van der Waals surface area contributed by atoms with Crippen molar-refractivity contribution in [3.8, 4) is 5.75 Å². The molecule has 1 aliphatic heterocycles. The van der Waals surface area contributed by atoms with Crippen LogP contribution in [0, 0.1) is 0 Å². The average Bonchev–Trinajstić information content (AvgIpc) is 2.45. The fourth-order valence-corrected chi connectivity index (χ4v) is 1.45. The number of hydrogen-bond acceptors (Lipinski definition) is 3. The molecule has 1 aliphatic rings. The molecule has 0 saturated heterocycles. The van der Waals surface area contributed by atoms with Crippen LogP contribution in [0.3, 0.4) is 0 Å². The van der Waals surface area contributed by atoms with Gasteiger partial charge in [0.05, 0.1) is 17.7 Å². The van der Waals surface area contributed by atoms with E-state index in [1.807, 2.05) is 0 Å². The molecule has 0 spiro atoms. The Labute approximate surface area is 79.0 Å². The number of carboxylic acid groups (broad SMARTS) is 1. The van der Waals surface area contributed by atoms with E-state index in [0.29, 0.717) is 11.3 Å².